The van der Waals surface area contributed by atoms with Gasteiger partial charge in [-0.25, -0.2) is 8.42 Å². The van der Waals surface area contributed by atoms with Crippen LogP contribution in [0.1, 0.15) is 48.8 Å². The molecule has 0 bridgehead atoms. The van der Waals surface area contributed by atoms with Gasteiger partial charge in [0, 0.05) is 25.2 Å². The van der Waals surface area contributed by atoms with Crippen molar-refractivity contribution in [2.45, 2.75) is 56.3 Å². The monoisotopic (exact) mass is 412 g/mol. The fraction of sp³-hybridized carbons (Fsp3) is 0.435. The predicted molar refractivity (Wildman–Crippen MR) is 114 cm³/mol. The van der Waals surface area contributed by atoms with Gasteiger partial charge in [0.1, 0.15) is 0 Å². The molecule has 1 N–H and O–H groups in total. The zero-order chi connectivity index (χ0) is 20.3. The maximum atomic E-state index is 12.6. The van der Waals surface area contributed by atoms with E-state index in [1.54, 1.807) is 16.4 Å². The van der Waals surface area contributed by atoms with Gasteiger partial charge in [0.05, 0.1) is 4.90 Å². The lowest BCUT2D eigenvalue weighted by Crippen LogP contribution is -2.27. The summed E-state index contributed by atoms with van der Waals surface area (Å²) in [5, 5.41) is 3.07. The summed E-state index contributed by atoms with van der Waals surface area (Å²) >= 11 is 0. The van der Waals surface area contributed by atoms with Crippen LogP contribution in [0.15, 0.2) is 47.4 Å². The number of carbonyl (C=O) groups excluding carboxylic acids is 1. The van der Waals surface area contributed by atoms with Crippen LogP contribution in [0.5, 0.6) is 0 Å². The summed E-state index contributed by atoms with van der Waals surface area (Å²) in [6.45, 7) is 1.21. The smallest absolute Gasteiger partial charge is 0.243 e. The molecule has 0 atom stereocenters. The number of sulfonamides is 1. The SMILES string of the molecule is O=C(CCc1ccc(S(=O)(=O)N2CCCC2)cc1)Nc1cccc2c1CCCC2. The number of amides is 1. The van der Waals surface area contributed by atoms with Crippen molar-refractivity contribution in [1.29, 1.82) is 0 Å². The molecule has 0 radical (unpaired) electrons. The number of fused-ring (bicyclic) bond motifs is 1. The number of anilines is 1. The summed E-state index contributed by atoms with van der Waals surface area (Å²) < 4.78 is 26.7. The second kappa shape index (κ2) is 8.67. The van der Waals surface area contributed by atoms with Crippen molar-refractivity contribution in [1.82, 2.24) is 4.31 Å². The molecule has 1 aliphatic carbocycles. The Morgan fingerprint density at radius 1 is 0.931 bits per heavy atom. The number of carbonyl (C=O) groups is 1. The molecule has 5 nitrogen and oxygen atoms in total. The average molecular weight is 413 g/mol. The molecule has 2 aliphatic rings. The molecule has 1 aliphatic heterocycles. The Morgan fingerprint density at radius 2 is 1.66 bits per heavy atom. The molecule has 2 aromatic carbocycles. The molecule has 1 saturated heterocycles. The molecule has 1 amide bonds. The first-order chi connectivity index (χ1) is 14.0. The highest BCUT2D eigenvalue weighted by Gasteiger charge is 2.26. The molecule has 1 fully saturated rings. The zero-order valence-electron chi connectivity index (χ0n) is 16.7. The molecule has 2 aromatic rings. The quantitative estimate of drug-likeness (QED) is 0.782. The lowest BCUT2D eigenvalue weighted by molar-refractivity contribution is -0.116. The predicted octanol–water partition coefficient (Wildman–Crippen LogP) is 3.92. The van der Waals surface area contributed by atoms with Crippen LogP contribution in [0.25, 0.3) is 0 Å². The number of nitrogens with one attached hydrogen (secondary N) is 1. The van der Waals surface area contributed by atoms with Crippen molar-refractivity contribution in [2.75, 3.05) is 18.4 Å². The molecule has 0 unspecified atom stereocenters. The van der Waals surface area contributed by atoms with E-state index in [1.165, 1.54) is 24.0 Å². The van der Waals surface area contributed by atoms with Gasteiger partial charge in [0.15, 0.2) is 0 Å². The Kier molecular flexibility index (Phi) is 6.01. The summed E-state index contributed by atoms with van der Waals surface area (Å²) in [7, 11) is -3.38. The molecule has 154 valence electrons. The second-order valence-corrected chi connectivity index (χ2v) is 9.89. The molecule has 6 heteroatoms. The third-order valence-electron chi connectivity index (χ3n) is 5.94. The van der Waals surface area contributed by atoms with Crippen LogP contribution in [-0.4, -0.2) is 31.7 Å². The van der Waals surface area contributed by atoms with Crippen molar-refractivity contribution in [3.8, 4) is 0 Å². The summed E-state index contributed by atoms with van der Waals surface area (Å²) in [5.74, 6) is -0.00209. The van der Waals surface area contributed by atoms with Crippen LogP contribution in [0, 0.1) is 0 Å². The topological polar surface area (TPSA) is 66.5 Å². The second-order valence-electron chi connectivity index (χ2n) is 7.95. The Hall–Kier alpha value is -2.18. The highest BCUT2D eigenvalue weighted by molar-refractivity contribution is 7.89. The largest absolute Gasteiger partial charge is 0.326 e. The van der Waals surface area contributed by atoms with Gasteiger partial charge < -0.3 is 5.32 Å². The van der Waals surface area contributed by atoms with E-state index in [4.69, 9.17) is 0 Å². The van der Waals surface area contributed by atoms with Crippen molar-refractivity contribution >= 4 is 21.6 Å². The van der Waals surface area contributed by atoms with E-state index in [0.717, 1.165) is 36.9 Å². The van der Waals surface area contributed by atoms with E-state index in [1.807, 2.05) is 24.3 Å². The fourth-order valence-corrected chi connectivity index (χ4v) is 5.79. The Balaban J connectivity index is 1.35. The summed E-state index contributed by atoms with van der Waals surface area (Å²) in [4.78, 5) is 12.8. The van der Waals surface area contributed by atoms with Crippen molar-refractivity contribution in [3.05, 3.63) is 59.2 Å². The maximum Gasteiger partial charge on any atom is 0.243 e. The third kappa shape index (κ3) is 4.54. The number of rotatable bonds is 6. The van der Waals surface area contributed by atoms with E-state index >= 15 is 0 Å². The van der Waals surface area contributed by atoms with Crippen LogP contribution in [0.4, 0.5) is 5.69 Å². The highest BCUT2D eigenvalue weighted by Crippen LogP contribution is 2.28. The lowest BCUT2D eigenvalue weighted by Gasteiger charge is -2.19. The highest BCUT2D eigenvalue weighted by atomic mass is 32.2. The molecule has 0 aromatic heterocycles. The minimum absolute atomic E-state index is 0.00209. The lowest BCUT2D eigenvalue weighted by atomic mass is 9.90. The standard InChI is InChI=1S/C23H28N2O3S/c26-23(24-22-9-5-7-19-6-1-2-8-21(19)22)15-12-18-10-13-20(14-11-18)29(27,28)25-16-3-4-17-25/h5,7,9-11,13-14H,1-4,6,8,12,15-17H2,(H,24,26). The summed E-state index contributed by atoms with van der Waals surface area (Å²) in [6.07, 6.45) is 7.33. The van der Waals surface area contributed by atoms with Crippen LogP contribution in [0.3, 0.4) is 0 Å². The third-order valence-corrected chi connectivity index (χ3v) is 7.85. The minimum Gasteiger partial charge on any atom is -0.326 e. The number of aryl methyl sites for hydroxylation is 2. The van der Waals surface area contributed by atoms with E-state index in [9.17, 15) is 13.2 Å². The van der Waals surface area contributed by atoms with E-state index in [-0.39, 0.29) is 5.91 Å². The van der Waals surface area contributed by atoms with Crippen molar-refractivity contribution in [2.24, 2.45) is 0 Å². The van der Waals surface area contributed by atoms with Crippen molar-refractivity contribution in [3.63, 3.8) is 0 Å². The van der Waals surface area contributed by atoms with Gasteiger partial charge in [-0.3, -0.25) is 4.79 Å². The average Bonchev–Trinajstić information content (AvgIpc) is 3.29. The van der Waals surface area contributed by atoms with Gasteiger partial charge in [-0.05, 0) is 79.8 Å². The van der Waals surface area contributed by atoms with Gasteiger partial charge >= 0.3 is 0 Å². The van der Waals surface area contributed by atoms with Gasteiger partial charge in [-0.1, -0.05) is 24.3 Å². The minimum atomic E-state index is -3.38. The normalized spacial score (nSPS) is 17.1. The molecule has 0 spiro atoms. The van der Waals surface area contributed by atoms with Gasteiger partial charge in [-0.2, -0.15) is 4.31 Å². The Bertz CT molecular complexity index is 978. The van der Waals surface area contributed by atoms with E-state index in [0.29, 0.717) is 30.8 Å². The number of nitrogens with zero attached hydrogens (tertiary/aromatic N) is 1. The molecule has 29 heavy (non-hydrogen) atoms. The molecular formula is C23H28N2O3S. The fourth-order valence-electron chi connectivity index (χ4n) is 4.27. The van der Waals surface area contributed by atoms with Crippen LogP contribution in [-0.2, 0) is 34.1 Å². The molecule has 0 saturated carbocycles. The number of hydrogen-bond donors (Lipinski definition) is 1. The van der Waals surface area contributed by atoms with Gasteiger partial charge in [0.25, 0.3) is 0 Å². The zero-order valence-corrected chi connectivity index (χ0v) is 17.5. The summed E-state index contributed by atoms with van der Waals surface area (Å²) in [6, 6.07) is 13.1. The first kappa shape index (κ1) is 20.1. The number of benzene rings is 2. The Labute approximate surface area is 173 Å². The first-order valence-corrected chi connectivity index (χ1v) is 12.0. The van der Waals surface area contributed by atoms with Crippen LogP contribution < -0.4 is 5.32 Å². The molecule has 1 heterocycles. The summed E-state index contributed by atoms with van der Waals surface area (Å²) in [5.41, 5.74) is 4.54. The Morgan fingerprint density at radius 3 is 2.41 bits per heavy atom. The van der Waals surface area contributed by atoms with E-state index in [2.05, 4.69) is 11.4 Å². The molecular weight excluding hydrogens is 384 g/mol. The molecule has 4 rings (SSSR count). The first-order valence-electron chi connectivity index (χ1n) is 10.5. The van der Waals surface area contributed by atoms with Crippen molar-refractivity contribution < 1.29 is 13.2 Å². The van der Waals surface area contributed by atoms with Gasteiger partial charge in [-0.15, -0.1) is 0 Å². The van der Waals surface area contributed by atoms with Gasteiger partial charge in [0.2, 0.25) is 15.9 Å². The number of hydrogen-bond acceptors (Lipinski definition) is 3. The maximum absolute atomic E-state index is 12.6. The van der Waals surface area contributed by atoms with E-state index < -0.39 is 10.0 Å². The van der Waals surface area contributed by atoms with Crippen LogP contribution in [0.2, 0.25) is 0 Å². The van der Waals surface area contributed by atoms with Crippen LogP contribution >= 0.6 is 0 Å².